The van der Waals surface area contributed by atoms with Crippen molar-refractivity contribution in [3.8, 4) is 0 Å². The van der Waals surface area contributed by atoms with E-state index in [1.807, 2.05) is 12.5 Å². The number of imidazole rings is 1. The first-order valence-corrected chi connectivity index (χ1v) is 12.7. The molecular weight excluding hydrogens is 418 g/mol. The van der Waals surface area contributed by atoms with Crippen LogP contribution >= 0.6 is 0 Å². The van der Waals surface area contributed by atoms with E-state index in [0.717, 1.165) is 11.4 Å². The summed E-state index contributed by atoms with van der Waals surface area (Å²) in [6.45, 7) is 34.6. The molecule has 0 aliphatic heterocycles. The topological polar surface area (TPSA) is 58.9 Å². The van der Waals surface area contributed by atoms with Crippen molar-refractivity contribution in [1.82, 2.24) is 19.7 Å². The highest BCUT2D eigenvalue weighted by Gasteiger charge is 2.20. The monoisotopic (exact) mass is 473 g/mol. The van der Waals surface area contributed by atoms with Crippen molar-refractivity contribution in [3.63, 3.8) is 0 Å². The number of rotatable bonds is 2. The van der Waals surface area contributed by atoms with Crippen LogP contribution in [0.3, 0.4) is 0 Å². The van der Waals surface area contributed by atoms with Gasteiger partial charge in [0.2, 0.25) is 0 Å². The van der Waals surface area contributed by atoms with Crippen LogP contribution in [0.5, 0.6) is 0 Å². The van der Waals surface area contributed by atoms with Gasteiger partial charge in [-0.15, -0.1) is 0 Å². The summed E-state index contributed by atoms with van der Waals surface area (Å²) in [6, 6.07) is 2.59. The molecule has 5 heteroatoms. The van der Waals surface area contributed by atoms with Crippen LogP contribution in [0, 0.1) is 5.41 Å². The van der Waals surface area contributed by atoms with Gasteiger partial charge in [0, 0.05) is 40.5 Å². The van der Waals surface area contributed by atoms with Gasteiger partial charge in [-0.2, -0.15) is 5.10 Å². The molecular formula is C29H55N5. The van der Waals surface area contributed by atoms with Gasteiger partial charge in [-0.3, -0.25) is 10.1 Å². The smallest absolute Gasteiger partial charge is 0.0954 e. The predicted molar refractivity (Wildman–Crippen MR) is 150 cm³/mol. The van der Waals surface area contributed by atoms with Gasteiger partial charge in [-0.25, -0.2) is 4.98 Å². The summed E-state index contributed by atoms with van der Waals surface area (Å²) in [4.78, 5) is 8.69. The molecule has 34 heavy (non-hydrogen) atoms. The molecule has 0 unspecified atom stereocenters. The second kappa shape index (κ2) is 12.2. The Morgan fingerprint density at radius 2 is 1.32 bits per heavy atom. The van der Waals surface area contributed by atoms with Gasteiger partial charge in [0.25, 0.3) is 0 Å². The molecule has 2 rings (SSSR count). The maximum atomic E-state index is 4.42. The predicted octanol–water partition coefficient (Wildman–Crippen LogP) is 8.28. The molecule has 0 bridgehead atoms. The van der Waals surface area contributed by atoms with Gasteiger partial charge in [0.15, 0.2) is 0 Å². The summed E-state index contributed by atoms with van der Waals surface area (Å²) >= 11 is 0. The van der Waals surface area contributed by atoms with Crippen molar-refractivity contribution in [2.24, 2.45) is 10.4 Å². The molecule has 1 N–H and O–H groups in total. The zero-order valence-electron chi connectivity index (χ0n) is 25.3. The third-order valence-corrected chi connectivity index (χ3v) is 4.87. The molecule has 0 atom stereocenters. The van der Waals surface area contributed by atoms with Crippen LogP contribution in [0.2, 0.25) is 0 Å². The fourth-order valence-electron chi connectivity index (χ4n) is 2.47. The Morgan fingerprint density at radius 1 is 0.824 bits per heavy atom. The maximum absolute atomic E-state index is 4.42. The minimum Gasteiger partial charge on any atom is -0.332 e. The summed E-state index contributed by atoms with van der Waals surface area (Å²) in [5.74, 6) is 0.536. The molecule has 0 spiro atoms. The highest BCUT2D eigenvalue weighted by Crippen LogP contribution is 2.23. The molecule has 0 saturated heterocycles. The van der Waals surface area contributed by atoms with Crippen LogP contribution in [-0.2, 0) is 16.4 Å². The number of hydrogen-bond acceptors (Lipinski definition) is 3. The minimum atomic E-state index is 0.135. The van der Waals surface area contributed by atoms with E-state index in [1.54, 1.807) is 0 Å². The molecule has 0 aliphatic rings. The van der Waals surface area contributed by atoms with Crippen LogP contribution in [0.4, 0.5) is 0 Å². The Hall–Kier alpha value is -1.91. The van der Waals surface area contributed by atoms with E-state index in [9.17, 15) is 0 Å². The molecule has 0 saturated carbocycles. The summed E-state index contributed by atoms with van der Waals surface area (Å²) < 4.78 is 2.16. The number of hydrogen-bond donors (Lipinski definition) is 1. The van der Waals surface area contributed by atoms with Crippen molar-refractivity contribution in [3.05, 3.63) is 35.7 Å². The second-order valence-corrected chi connectivity index (χ2v) is 13.9. The quantitative estimate of drug-likeness (QED) is 0.446. The van der Waals surface area contributed by atoms with E-state index >= 15 is 0 Å². The van der Waals surface area contributed by atoms with E-state index in [2.05, 4.69) is 148 Å². The van der Waals surface area contributed by atoms with Gasteiger partial charge in [-0.05, 0) is 52.0 Å². The van der Waals surface area contributed by atoms with Crippen LogP contribution in [0.25, 0.3) is 0 Å². The summed E-state index contributed by atoms with van der Waals surface area (Å²) in [5.41, 5.74) is 4.20. The Labute approximate surface area is 211 Å². The Morgan fingerprint density at radius 3 is 1.53 bits per heavy atom. The lowest BCUT2D eigenvalue weighted by atomic mass is 9.92. The molecule has 0 radical (unpaired) electrons. The fraction of sp³-hybridized carbons (Fsp3) is 0.759. The van der Waals surface area contributed by atoms with Crippen molar-refractivity contribution in [2.75, 3.05) is 0 Å². The van der Waals surface area contributed by atoms with E-state index in [4.69, 9.17) is 0 Å². The van der Waals surface area contributed by atoms with Crippen LogP contribution in [-0.4, -0.2) is 32.0 Å². The highest BCUT2D eigenvalue weighted by atomic mass is 15.1. The van der Waals surface area contributed by atoms with E-state index < -0.39 is 0 Å². The van der Waals surface area contributed by atoms with Gasteiger partial charge >= 0.3 is 0 Å². The molecule has 0 aliphatic carbocycles. The second-order valence-electron chi connectivity index (χ2n) is 13.9. The third kappa shape index (κ3) is 13.1. The first kappa shape index (κ1) is 32.1. The van der Waals surface area contributed by atoms with Crippen LogP contribution in [0.15, 0.2) is 23.6 Å². The Kier molecular flexibility index (Phi) is 11.5. The van der Waals surface area contributed by atoms with E-state index in [0.29, 0.717) is 12.0 Å². The molecule has 5 nitrogen and oxygen atoms in total. The zero-order valence-corrected chi connectivity index (χ0v) is 25.3. The summed E-state index contributed by atoms with van der Waals surface area (Å²) in [5, 5.41) is 7.35. The number of nitrogens with one attached hydrogen (secondary N) is 1. The molecule has 0 fully saturated rings. The lowest BCUT2D eigenvalue weighted by Gasteiger charge is -2.20. The summed E-state index contributed by atoms with van der Waals surface area (Å²) in [6.07, 6.45) is 6.07. The van der Waals surface area contributed by atoms with Crippen molar-refractivity contribution in [2.45, 2.75) is 139 Å². The average Bonchev–Trinajstić information content (AvgIpc) is 3.29. The number of aromatic amines is 1. The number of H-pyrrole nitrogens is 1. The van der Waals surface area contributed by atoms with Crippen molar-refractivity contribution < 1.29 is 0 Å². The molecule has 2 aromatic rings. The van der Waals surface area contributed by atoms with Gasteiger partial charge < -0.3 is 4.57 Å². The number of aromatic nitrogens is 4. The lowest BCUT2D eigenvalue weighted by molar-refractivity contribution is 0.395. The molecule has 196 valence electrons. The maximum Gasteiger partial charge on any atom is 0.0954 e. The van der Waals surface area contributed by atoms with Gasteiger partial charge in [0.05, 0.1) is 17.7 Å². The summed E-state index contributed by atoms with van der Waals surface area (Å²) in [7, 11) is 0. The standard InChI is InChI=1S/C11H20N2.C10H18N2.C8H17N/c1-10(2,3)9-7-13(8-12-9)11(4,5)6;1-7(2)8-6-9(12-11-8)10(3,4)5;1-7(2)9-6-8(3,4)5/h7-8H,1-6H3;6-7H,1-5H3,(H,11,12);6-7H,1-5H3. The fourth-order valence-corrected chi connectivity index (χ4v) is 2.47. The number of nitrogens with zero attached hydrogens (tertiary/aromatic N) is 4. The van der Waals surface area contributed by atoms with E-state index in [1.165, 1.54) is 5.69 Å². The zero-order chi connectivity index (χ0) is 27.1. The highest BCUT2D eigenvalue weighted by molar-refractivity contribution is 5.64. The van der Waals surface area contributed by atoms with E-state index in [-0.39, 0.29) is 21.8 Å². The molecule has 0 amide bonds. The Balaban J connectivity index is 0.000000490. The minimum absolute atomic E-state index is 0.135. The molecule has 2 heterocycles. The van der Waals surface area contributed by atoms with Crippen LogP contribution in [0.1, 0.15) is 134 Å². The Bertz CT molecular complexity index is 825. The average molecular weight is 474 g/mol. The SMILES string of the molecule is CC(C)(C)c1cn(C(C)(C)C)cn1.CC(C)N=CC(C)(C)C.CC(C)c1cc(C(C)(C)C)n[nH]1. The molecule has 0 aromatic carbocycles. The normalized spacial score (nSPS) is 13.1. The first-order chi connectivity index (χ1) is 15.0. The van der Waals surface area contributed by atoms with Crippen LogP contribution < -0.4 is 0 Å². The van der Waals surface area contributed by atoms with Gasteiger partial charge in [0.1, 0.15) is 0 Å². The first-order valence-electron chi connectivity index (χ1n) is 12.7. The largest absolute Gasteiger partial charge is 0.332 e. The third-order valence-electron chi connectivity index (χ3n) is 4.87. The lowest BCUT2D eigenvalue weighted by Crippen LogP contribution is -2.20. The van der Waals surface area contributed by atoms with Gasteiger partial charge in [-0.1, -0.05) is 76.2 Å². The van der Waals surface area contributed by atoms with Crippen molar-refractivity contribution >= 4 is 6.21 Å². The number of aliphatic imine (C=N–C) groups is 1. The molecule has 2 aromatic heterocycles. The van der Waals surface area contributed by atoms with Crippen molar-refractivity contribution in [1.29, 1.82) is 0 Å².